The van der Waals surface area contributed by atoms with Crippen LogP contribution in [0.15, 0.2) is 24.3 Å². The third kappa shape index (κ3) is 9.28. The Morgan fingerprint density at radius 2 is 1.71 bits per heavy atom. The summed E-state index contributed by atoms with van der Waals surface area (Å²) in [7, 11) is 0. The molecule has 2 heteroatoms. The summed E-state index contributed by atoms with van der Waals surface area (Å²) in [6, 6.07) is 7.96. The molecule has 0 fully saturated rings. The molecule has 0 aliphatic heterocycles. The molecule has 118 valence electrons. The molecule has 0 spiro atoms. The van der Waals surface area contributed by atoms with E-state index >= 15 is 0 Å². The van der Waals surface area contributed by atoms with Crippen molar-refractivity contribution in [3.05, 3.63) is 29.8 Å². The quantitative estimate of drug-likeness (QED) is 0.477. The predicted octanol–water partition coefficient (Wildman–Crippen LogP) is 5.47. The molecule has 0 heterocycles. The Hall–Kier alpha value is -1.31. The van der Waals surface area contributed by atoms with Gasteiger partial charge in [-0.05, 0) is 31.0 Å². The van der Waals surface area contributed by atoms with Gasteiger partial charge < -0.3 is 4.74 Å². The van der Waals surface area contributed by atoms with Crippen LogP contribution in [0.3, 0.4) is 0 Å². The first-order chi connectivity index (χ1) is 10.2. The second-order valence-electron chi connectivity index (χ2n) is 5.82. The van der Waals surface area contributed by atoms with Crippen molar-refractivity contribution in [1.29, 1.82) is 0 Å². The molecular weight excluding hydrogens is 260 g/mol. The Bertz CT molecular complexity index is 398. The molecule has 0 unspecified atom stereocenters. The monoisotopic (exact) mass is 290 g/mol. The standard InChI is InChI=1S/C19H30O2/c1-3-4-5-6-7-8-9-12-18(20)14-15-21-19-13-10-11-17(2)16-19/h10-11,13,16H,3-9,12,14-15H2,1-2H3. The summed E-state index contributed by atoms with van der Waals surface area (Å²) < 4.78 is 5.61. The summed E-state index contributed by atoms with van der Waals surface area (Å²) >= 11 is 0. The Morgan fingerprint density at radius 1 is 1.00 bits per heavy atom. The smallest absolute Gasteiger partial charge is 0.136 e. The minimum Gasteiger partial charge on any atom is -0.493 e. The molecule has 0 aliphatic carbocycles. The number of hydrogen-bond donors (Lipinski definition) is 0. The van der Waals surface area contributed by atoms with E-state index in [4.69, 9.17) is 4.74 Å². The number of carbonyl (C=O) groups excluding carboxylic acids is 1. The van der Waals surface area contributed by atoms with Crippen molar-refractivity contribution in [2.24, 2.45) is 0 Å². The van der Waals surface area contributed by atoms with Crippen LogP contribution in [0.2, 0.25) is 0 Å². The van der Waals surface area contributed by atoms with Crippen LogP contribution in [0, 0.1) is 6.92 Å². The number of ether oxygens (including phenoxy) is 1. The summed E-state index contributed by atoms with van der Waals surface area (Å²) in [5, 5.41) is 0. The molecule has 0 saturated carbocycles. The van der Waals surface area contributed by atoms with Gasteiger partial charge in [-0.2, -0.15) is 0 Å². The molecule has 0 N–H and O–H groups in total. The van der Waals surface area contributed by atoms with Crippen molar-refractivity contribution < 1.29 is 9.53 Å². The lowest BCUT2D eigenvalue weighted by molar-refractivity contribution is -0.119. The highest BCUT2D eigenvalue weighted by Gasteiger charge is 2.03. The Balaban J connectivity index is 1.99. The topological polar surface area (TPSA) is 26.3 Å². The van der Waals surface area contributed by atoms with E-state index in [0.29, 0.717) is 25.2 Å². The normalized spacial score (nSPS) is 10.6. The summed E-state index contributed by atoms with van der Waals surface area (Å²) in [4.78, 5) is 11.8. The third-order valence-electron chi connectivity index (χ3n) is 3.70. The van der Waals surface area contributed by atoms with Gasteiger partial charge in [-0.1, -0.05) is 57.6 Å². The van der Waals surface area contributed by atoms with Crippen molar-refractivity contribution in [3.63, 3.8) is 0 Å². The minimum absolute atomic E-state index is 0.330. The molecule has 2 nitrogen and oxygen atoms in total. The first-order valence-electron chi connectivity index (χ1n) is 8.43. The Kier molecular flexibility index (Phi) is 9.60. The molecule has 1 aromatic carbocycles. The van der Waals surface area contributed by atoms with Crippen molar-refractivity contribution in [2.75, 3.05) is 6.61 Å². The first-order valence-corrected chi connectivity index (χ1v) is 8.43. The van der Waals surface area contributed by atoms with Crippen LogP contribution >= 0.6 is 0 Å². The molecule has 0 aliphatic rings. The molecule has 1 rings (SSSR count). The maximum absolute atomic E-state index is 11.8. The molecular formula is C19H30O2. The largest absolute Gasteiger partial charge is 0.493 e. The second-order valence-corrected chi connectivity index (χ2v) is 5.82. The van der Waals surface area contributed by atoms with Crippen LogP contribution in [0.1, 0.15) is 70.3 Å². The highest BCUT2D eigenvalue weighted by atomic mass is 16.5. The van der Waals surface area contributed by atoms with E-state index in [1.807, 2.05) is 31.2 Å². The molecule has 0 atom stereocenters. The van der Waals surface area contributed by atoms with Crippen LogP contribution in [-0.2, 0) is 4.79 Å². The number of ketones is 1. The summed E-state index contributed by atoms with van der Waals surface area (Å²) in [6.07, 6.45) is 10.0. The predicted molar refractivity (Wildman–Crippen MR) is 88.9 cm³/mol. The lowest BCUT2D eigenvalue weighted by Crippen LogP contribution is -2.06. The molecule has 21 heavy (non-hydrogen) atoms. The van der Waals surface area contributed by atoms with Crippen LogP contribution in [0.5, 0.6) is 5.75 Å². The van der Waals surface area contributed by atoms with Crippen LogP contribution < -0.4 is 4.74 Å². The number of carbonyl (C=O) groups is 1. The van der Waals surface area contributed by atoms with Gasteiger partial charge in [0.15, 0.2) is 0 Å². The highest BCUT2D eigenvalue weighted by molar-refractivity contribution is 5.78. The van der Waals surface area contributed by atoms with E-state index in [-0.39, 0.29) is 0 Å². The zero-order chi connectivity index (χ0) is 15.3. The minimum atomic E-state index is 0.330. The van der Waals surface area contributed by atoms with Gasteiger partial charge in [0.25, 0.3) is 0 Å². The molecule has 0 amide bonds. The third-order valence-corrected chi connectivity index (χ3v) is 3.70. The average molecular weight is 290 g/mol. The summed E-state index contributed by atoms with van der Waals surface area (Å²) in [6.45, 7) is 4.77. The van der Waals surface area contributed by atoms with E-state index < -0.39 is 0 Å². The lowest BCUT2D eigenvalue weighted by Gasteiger charge is -2.06. The van der Waals surface area contributed by atoms with Gasteiger partial charge in [0, 0.05) is 12.8 Å². The van der Waals surface area contributed by atoms with Gasteiger partial charge in [0.1, 0.15) is 11.5 Å². The number of rotatable bonds is 12. The Labute approximate surface area is 129 Å². The van der Waals surface area contributed by atoms with Gasteiger partial charge in [-0.25, -0.2) is 0 Å². The highest BCUT2D eigenvalue weighted by Crippen LogP contribution is 2.13. The maximum Gasteiger partial charge on any atom is 0.136 e. The van der Waals surface area contributed by atoms with E-state index in [1.165, 1.54) is 44.1 Å². The zero-order valence-electron chi connectivity index (χ0n) is 13.7. The molecule has 0 aromatic heterocycles. The second kappa shape index (κ2) is 11.4. The van der Waals surface area contributed by atoms with E-state index in [2.05, 4.69) is 6.92 Å². The number of unbranched alkanes of at least 4 members (excludes halogenated alkanes) is 6. The molecule has 0 saturated heterocycles. The van der Waals surface area contributed by atoms with Crippen LogP contribution in [0.4, 0.5) is 0 Å². The SMILES string of the molecule is CCCCCCCCCC(=O)CCOc1cccc(C)c1. The van der Waals surface area contributed by atoms with Crippen molar-refractivity contribution >= 4 is 5.78 Å². The van der Waals surface area contributed by atoms with Crippen LogP contribution in [0.25, 0.3) is 0 Å². The van der Waals surface area contributed by atoms with Gasteiger partial charge >= 0.3 is 0 Å². The van der Waals surface area contributed by atoms with E-state index in [1.54, 1.807) is 0 Å². The number of benzene rings is 1. The molecule has 1 aromatic rings. The van der Waals surface area contributed by atoms with Gasteiger partial charge in [0.2, 0.25) is 0 Å². The summed E-state index contributed by atoms with van der Waals surface area (Å²) in [5.41, 5.74) is 1.18. The van der Waals surface area contributed by atoms with Gasteiger partial charge in [-0.15, -0.1) is 0 Å². The average Bonchev–Trinajstić information content (AvgIpc) is 2.46. The zero-order valence-corrected chi connectivity index (χ0v) is 13.7. The number of hydrogen-bond acceptors (Lipinski definition) is 2. The molecule has 0 bridgehead atoms. The van der Waals surface area contributed by atoms with E-state index in [9.17, 15) is 4.79 Å². The van der Waals surface area contributed by atoms with Crippen LogP contribution in [-0.4, -0.2) is 12.4 Å². The lowest BCUT2D eigenvalue weighted by atomic mass is 10.1. The molecule has 0 radical (unpaired) electrons. The van der Waals surface area contributed by atoms with Crippen molar-refractivity contribution in [3.8, 4) is 5.75 Å². The fourth-order valence-corrected chi connectivity index (χ4v) is 2.39. The van der Waals surface area contributed by atoms with E-state index in [0.717, 1.165) is 12.2 Å². The summed E-state index contributed by atoms with van der Waals surface area (Å²) in [5.74, 6) is 1.19. The number of Topliss-reactive ketones (excluding diaryl/α,β-unsaturated/α-hetero) is 1. The fraction of sp³-hybridized carbons (Fsp3) is 0.632. The maximum atomic E-state index is 11.8. The van der Waals surface area contributed by atoms with Crippen molar-refractivity contribution in [2.45, 2.75) is 71.6 Å². The Morgan fingerprint density at radius 3 is 2.43 bits per heavy atom. The van der Waals surface area contributed by atoms with Gasteiger partial charge in [-0.3, -0.25) is 4.79 Å². The first kappa shape index (κ1) is 17.7. The van der Waals surface area contributed by atoms with Gasteiger partial charge in [0.05, 0.1) is 6.61 Å². The number of aryl methyl sites for hydroxylation is 1. The van der Waals surface area contributed by atoms with Crippen molar-refractivity contribution in [1.82, 2.24) is 0 Å². The fourth-order valence-electron chi connectivity index (χ4n) is 2.39.